The van der Waals surface area contributed by atoms with Gasteiger partial charge in [0.1, 0.15) is 116 Å². The van der Waals surface area contributed by atoms with Gasteiger partial charge in [0.05, 0.1) is 55.4 Å². The molecule has 3 saturated carbocycles. The highest BCUT2D eigenvalue weighted by molar-refractivity contribution is 7.80. The normalized spacial score (nSPS) is 52.0. The first-order valence-corrected chi connectivity index (χ1v) is 34.8. The summed E-state index contributed by atoms with van der Waals surface area (Å²) >= 11 is 0. The molecule has 6 saturated heterocycles. The predicted molar refractivity (Wildman–Crippen MR) is 321 cm³/mol. The van der Waals surface area contributed by atoms with Crippen LogP contribution in [-0.4, -0.2) is 299 Å². The number of hydrogen-bond donors (Lipinski definition) is 16. The van der Waals surface area contributed by atoms with Crippen LogP contribution in [0.4, 0.5) is 0 Å². The molecule has 0 bridgehead atoms. The lowest BCUT2D eigenvalue weighted by molar-refractivity contribution is -0.401. The highest BCUT2D eigenvalue weighted by atomic mass is 32.3. The van der Waals surface area contributed by atoms with Gasteiger partial charge in [-0.2, -0.15) is 8.42 Å². The van der Waals surface area contributed by atoms with Gasteiger partial charge in [-0.3, -0.25) is 4.55 Å². The van der Waals surface area contributed by atoms with E-state index in [-0.39, 0.29) is 41.9 Å². The first kappa shape index (κ1) is 75.9. The molecule has 16 N–H and O–H groups in total. The molecule has 31 nitrogen and oxygen atoms in total. The summed E-state index contributed by atoms with van der Waals surface area (Å²) in [6, 6.07) is 0. The average molecular weight is 1390 g/mol. The Morgan fingerprint density at radius 1 is 0.589 bits per heavy atom. The summed E-state index contributed by atoms with van der Waals surface area (Å²) in [7, 11) is -4.89. The summed E-state index contributed by atoms with van der Waals surface area (Å²) < 4.78 is 113. The van der Waals surface area contributed by atoms with Crippen LogP contribution < -0.4 is 0 Å². The zero-order valence-corrected chi connectivity index (χ0v) is 55.9. The quantitative estimate of drug-likeness (QED) is 0.0431. The summed E-state index contributed by atoms with van der Waals surface area (Å²) in [4.78, 5) is 0. The van der Waals surface area contributed by atoms with Gasteiger partial charge in [0.2, 0.25) is 0 Å². The van der Waals surface area contributed by atoms with Crippen LogP contribution in [-0.2, 0) is 71.4 Å². The van der Waals surface area contributed by atoms with Crippen LogP contribution in [0.25, 0.3) is 0 Å². The summed E-state index contributed by atoms with van der Waals surface area (Å²) in [6.45, 7) is 18.8. The summed E-state index contributed by atoms with van der Waals surface area (Å²) in [5, 5.41) is 169. The number of hydrogen-bond acceptors (Lipinski definition) is 30. The second-order valence-corrected chi connectivity index (χ2v) is 30.5. The minimum Gasteiger partial charge on any atom is -0.394 e. The van der Waals surface area contributed by atoms with Crippen molar-refractivity contribution in [2.24, 2.45) is 40.4 Å². The van der Waals surface area contributed by atoms with E-state index in [0.717, 1.165) is 18.4 Å². The van der Waals surface area contributed by atoms with Crippen molar-refractivity contribution in [2.75, 3.05) is 13.2 Å². The molecule has 38 atom stereocenters. The molecule has 10 rings (SSSR count). The number of ether oxygens (including phenoxy) is 12. The van der Waals surface area contributed by atoms with E-state index in [4.69, 9.17) is 61.0 Å². The maximum Gasteiger partial charge on any atom is 0.397 e. The molecule has 10 aliphatic rings. The lowest BCUT2D eigenvalue weighted by Crippen LogP contribution is -2.67. The molecule has 6 aliphatic heterocycles. The smallest absolute Gasteiger partial charge is 0.394 e. The molecule has 0 amide bonds. The van der Waals surface area contributed by atoms with Gasteiger partial charge in [-0.25, -0.2) is 4.18 Å². The summed E-state index contributed by atoms with van der Waals surface area (Å²) in [5.74, 6) is -0.336. The molecular formula is C63H104O31S. The molecule has 9 fully saturated rings. The predicted octanol–water partition coefficient (Wildman–Crippen LogP) is -2.84. The molecule has 0 spiro atoms. The Morgan fingerprint density at radius 2 is 1.08 bits per heavy atom. The Balaban J connectivity index is 0.896. The van der Waals surface area contributed by atoms with Gasteiger partial charge < -0.3 is 133 Å². The maximum atomic E-state index is 12.5. The number of aliphatic hydroxyl groups excluding tert-OH is 14. The van der Waals surface area contributed by atoms with E-state index in [1.54, 1.807) is 0 Å². The second-order valence-electron chi connectivity index (χ2n) is 29.5. The van der Waals surface area contributed by atoms with Crippen LogP contribution in [0.1, 0.15) is 120 Å². The molecule has 548 valence electrons. The first-order valence-electron chi connectivity index (χ1n) is 33.4. The fourth-order valence-electron chi connectivity index (χ4n) is 17.0. The Kier molecular flexibility index (Phi) is 23.6. The largest absolute Gasteiger partial charge is 0.397 e. The zero-order valence-electron chi connectivity index (χ0n) is 55.0. The van der Waals surface area contributed by atoms with Crippen LogP contribution in [0.5, 0.6) is 0 Å². The van der Waals surface area contributed by atoms with Gasteiger partial charge in [0.25, 0.3) is 0 Å². The topological polar surface area (TPSA) is 478 Å². The number of rotatable bonds is 20. The number of allylic oxidation sites excluding steroid dienone is 3. The van der Waals surface area contributed by atoms with Crippen molar-refractivity contribution in [3.05, 3.63) is 23.8 Å². The van der Waals surface area contributed by atoms with E-state index in [9.17, 15) is 89.6 Å². The fraction of sp³-hybridized carbons (Fsp3) is 0.937. The first-order chi connectivity index (χ1) is 44.4. The van der Waals surface area contributed by atoms with E-state index in [1.807, 2.05) is 6.92 Å². The lowest BCUT2D eigenvalue weighted by atomic mass is 9.47. The van der Waals surface area contributed by atoms with Gasteiger partial charge in [-0.15, -0.1) is 0 Å². The van der Waals surface area contributed by atoms with Gasteiger partial charge in [0, 0.05) is 0 Å². The van der Waals surface area contributed by atoms with Gasteiger partial charge in [-0.05, 0) is 133 Å². The third-order valence-corrected chi connectivity index (χ3v) is 23.5. The van der Waals surface area contributed by atoms with Gasteiger partial charge in [-0.1, -0.05) is 51.5 Å². The Labute approximate surface area is 552 Å². The van der Waals surface area contributed by atoms with Gasteiger partial charge in [0.15, 0.2) is 37.7 Å². The molecule has 95 heavy (non-hydrogen) atoms. The highest BCUT2D eigenvalue weighted by Gasteiger charge is 2.64. The van der Waals surface area contributed by atoms with Crippen molar-refractivity contribution in [3.63, 3.8) is 0 Å². The minimum atomic E-state index is -4.89. The van der Waals surface area contributed by atoms with Crippen LogP contribution in [0.3, 0.4) is 0 Å². The van der Waals surface area contributed by atoms with Crippen molar-refractivity contribution in [1.82, 2.24) is 0 Å². The van der Waals surface area contributed by atoms with Crippen molar-refractivity contribution in [2.45, 2.75) is 316 Å². The minimum absolute atomic E-state index is 0.0695. The summed E-state index contributed by atoms with van der Waals surface area (Å²) in [6.07, 6.45) is -44.8. The molecule has 32 heteroatoms. The fourth-order valence-corrected chi connectivity index (χ4v) is 17.5. The molecule has 0 aromatic carbocycles. The third kappa shape index (κ3) is 15.1. The monoisotopic (exact) mass is 1390 g/mol. The Hall–Kier alpha value is -1.73. The highest BCUT2D eigenvalue weighted by Crippen LogP contribution is 2.68. The molecule has 0 aromatic rings. The van der Waals surface area contributed by atoms with Crippen molar-refractivity contribution in [3.8, 4) is 0 Å². The van der Waals surface area contributed by atoms with E-state index in [0.29, 0.717) is 32.1 Å². The third-order valence-electron chi connectivity index (χ3n) is 22.9. The van der Waals surface area contributed by atoms with Crippen molar-refractivity contribution >= 4 is 10.4 Å². The van der Waals surface area contributed by atoms with E-state index in [1.165, 1.54) is 33.3 Å². The molecule has 4 aliphatic carbocycles. The van der Waals surface area contributed by atoms with E-state index >= 15 is 0 Å². The second kappa shape index (κ2) is 29.6. The Morgan fingerprint density at radius 3 is 1.66 bits per heavy atom. The zero-order chi connectivity index (χ0) is 69.6. The maximum absolute atomic E-state index is 12.5. The number of aliphatic hydroxyl groups is 15. The standard InChI is InChI=1S/C63H104O31S/c1-23(2)24(3)13-18-63(10,78)37-12-11-31-30-20-34(33-19-29(94-95(79,80)81)14-16-61(33,8)32(30)15-17-62(31,37)9)87-57-49(76)52(41(68)27(6)84-57)91-59-53(92-55-47(74)44(71)38(65)25(4)83-55)43(70)36(22-82-59)89-60-54(46(73)39(66)26(5)86-60)93-58-50(77)51(40(67)28(7)85-58)90-56-48(75)45(72)42(69)35(21-64)88-56/h15,23,25-31,33-60,64-78H,3,11-14,16-22H2,1-2,4-10H3,(H,79,80,81)/t25-,26-,27-,28-,29+,30+,31+,33-,34+,35-,36-,37+,38-,39+,40+,41-,42+,43+,44+,45+,46+,47-,48-,49-,50-,51+,52+,53-,54-,55+,56+,57+,58+,59+,60+,61-,62+,63+/m1/s1. The SMILES string of the molecule is C=C(CC[C@](C)(O)[C@H]1CC[C@H]2[C@@H]3C[C@H](O[C@@H]4O[C@H](C)[C@@H](O)[C@H](O[C@@H]5OC[C@@H](O[C@@H]6O[C@H](C)[C@H](O)[C@H](O)[C@H]6O[C@@H]6O[C@H](C)[C@H](O)[C@H](O[C@@H]7O[C@H](CO)[C@H](O)[C@H](O)[C@H]7O)[C@H]6O)[C@H](O)[C@H]5O[C@@H]5O[C@H](C)[C@@H](O)[C@H](O)[C@H]5O)[C@H]4O)[C@H]4C[C@@H](OS(=O)(=O)O)CC[C@]4(C)C3=CC[C@@]21C)C(C)C. The lowest BCUT2D eigenvalue weighted by Gasteiger charge is -2.60. The van der Waals surface area contributed by atoms with Crippen LogP contribution in [0.15, 0.2) is 23.8 Å². The Bertz CT molecular complexity index is 2730. The van der Waals surface area contributed by atoms with Crippen LogP contribution >= 0.6 is 0 Å². The number of fused-ring (bicyclic) bond motifs is 5. The molecular weight excluding hydrogens is 1280 g/mol. The van der Waals surface area contributed by atoms with Crippen LogP contribution in [0, 0.1) is 40.4 Å². The molecule has 6 heterocycles. The molecule has 0 aromatic heterocycles. The average Bonchev–Trinajstić information content (AvgIpc) is 1.68. The molecule has 0 unspecified atom stereocenters. The molecule has 0 radical (unpaired) electrons. The summed E-state index contributed by atoms with van der Waals surface area (Å²) in [5.41, 5.74) is 0.258. The van der Waals surface area contributed by atoms with Crippen molar-refractivity contribution in [1.29, 1.82) is 0 Å². The van der Waals surface area contributed by atoms with Gasteiger partial charge >= 0.3 is 10.4 Å². The van der Waals surface area contributed by atoms with Crippen LogP contribution in [0.2, 0.25) is 0 Å². The van der Waals surface area contributed by atoms with E-state index < -0.39 is 231 Å². The van der Waals surface area contributed by atoms with Crippen molar-refractivity contribution < 1.29 is 151 Å². The van der Waals surface area contributed by atoms with E-state index in [2.05, 4.69) is 40.3 Å².